The van der Waals surface area contributed by atoms with Gasteiger partial charge in [-0.25, -0.2) is 18.6 Å². The number of nitrogens with two attached hydrogens (primary N) is 2. The van der Waals surface area contributed by atoms with Crippen LogP contribution in [0.5, 0.6) is 0 Å². The Hall–Kier alpha value is -3.28. The molecule has 12 heteroatoms. The summed E-state index contributed by atoms with van der Waals surface area (Å²) in [6.07, 6.45) is 0. The molecule has 0 unspecified atom stereocenters. The minimum Gasteiger partial charge on any atom is -0.386 e. The Kier molecular flexibility index (Phi) is 4.19. The van der Waals surface area contributed by atoms with Crippen LogP contribution in [-0.2, 0) is 0 Å². The van der Waals surface area contributed by atoms with E-state index >= 15 is 0 Å². The zero-order chi connectivity index (χ0) is 18.1. The smallest absolute Gasteiger partial charge is 0.318 e. The Labute approximate surface area is 143 Å². The summed E-state index contributed by atoms with van der Waals surface area (Å²) in [5.74, 6) is -1.70. The van der Waals surface area contributed by atoms with Crippen molar-refractivity contribution in [3.8, 4) is 22.2 Å². The number of benzene rings is 1. The number of hydrogen-bond acceptors (Lipinski definition) is 8. The van der Waals surface area contributed by atoms with E-state index in [1.165, 1.54) is 13.1 Å². The molecule has 2 amide bonds. The van der Waals surface area contributed by atoms with E-state index in [1.807, 2.05) is 0 Å². The summed E-state index contributed by atoms with van der Waals surface area (Å²) in [4.78, 5) is 19.1. The molecule has 0 spiro atoms. The first-order valence-corrected chi connectivity index (χ1v) is 7.54. The van der Waals surface area contributed by atoms with Crippen molar-refractivity contribution in [3.05, 3.63) is 23.8 Å². The van der Waals surface area contributed by atoms with Crippen LogP contribution < -0.4 is 22.1 Å². The summed E-state index contributed by atoms with van der Waals surface area (Å²) in [7, 11) is 1.49. The average molecular weight is 367 g/mol. The predicted molar refractivity (Wildman–Crippen MR) is 87.9 cm³/mol. The van der Waals surface area contributed by atoms with Crippen LogP contribution in [0.4, 0.5) is 30.2 Å². The minimum absolute atomic E-state index is 0.0273. The van der Waals surface area contributed by atoms with Crippen molar-refractivity contribution in [3.63, 3.8) is 0 Å². The van der Waals surface area contributed by atoms with Gasteiger partial charge in [0.2, 0.25) is 5.82 Å². The van der Waals surface area contributed by atoms with Crippen molar-refractivity contribution in [1.82, 2.24) is 15.1 Å². The highest BCUT2D eigenvalue weighted by Crippen LogP contribution is 2.35. The number of nitrogens with one attached hydrogen (secondary N) is 2. The summed E-state index contributed by atoms with van der Waals surface area (Å²) in [5, 5.41) is 8.68. The van der Waals surface area contributed by atoms with Crippen LogP contribution in [0.3, 0.4) is 0 Å². The summed E-state index contributed by atoms with van der Waals surface area (Å²) >= 11 is 0.953. The molecule has 0 atom stereocenters. The second-order valence-electron chi connectivity index (χ2n) is 4.71. The number of carbonyl (C=O) groups excluding carboxylic acids is 1. The van der Waals surface area contributed by atoms with Crippen molar-refractivity contribution in [2.45, 2.75) is 0 Å². The zero-order valence-electron chi connectivity index (χ0n) is 12.6. The molecule has 25 heavy (non-hydrogen) atoms. The molecule has 130 valence electrons. The SMILES string of the molecule is CNc1cc(-c2noc(-c3sc(NC(N)=O)nc3N)n2)c(F)cc1F. The number of carbonyl (C=O) groups is 1. The van der Waals surface area contributed by atoms with Crippen LogP contribution in [0, 0.1) is 11.6 Å². The van der Waals surface area contributed by atoms with Gasteiger partial charge in [-0.1, -0.05) is 16.5 Å². The lowest BCUT2D eigenvalue weighted by Crippen LogP contribution is -2.19. The van der Waals surface area contributed by atoms with Crippen LogP contribution in [0.2, 0.25) is 0 Å². The maximum atomic E-state index is 14.0. The molecule has 3 rings (SSSR count). The van der Waals surface area contributed by atoms with Gasteiger partial charge in [-0.3, -0.25) is 5.32 Å². The molecule has 1 aromatic carbocycles. The van der Waals surface area contributed by atoms with E-state index in [1.54, 1.807) is 0 Å². The molecule has 2 aromatic heterocycles. The lowest BCUT2D eigenvalue weighted by atomic mass is 10.1. The third-order valence-electron chi connectivity index (χ3n) is 3.07. The van der Waals surface area contributed by atoms with Gasteiger partial charge < -0.3 is 21.3 Å². The molecular weight excluding hydrogens is 356 g/mol. The van der Waals surface area contributed by atoms with Crippen molar-refractivity contribution >= 4 is 34.0 Å². The number of halogens is 2. The zero-order valence-corrected chi connectivity index (χ0v) is 13.4. The Morgan fingerprint density at radius 2 is 2.04 bits per heavy atom. The lowest BCUT2D eigenvalue weighted by molar-refractivity contribution is 0.259. The van der Waals surface area contributed by atoms with Crippen molar-refractivity contribution in [2.24, 2.45) is 5.73 Å². The van der Waals surface area contributed by atoms with E-state index in [9.17, 15) is 13.6 Å². The summed E-state index contributed by atoms with van der Waals surface area (Å²) < 4.78 is 32.6. The normalized spacial score (nSPS) is 10.7. The highest BCUT2D eigenvalue weighted by molar-refractivity contribution is 7.19. The number of nitrogen functional groups attached to an aromatic ring is 1. The number of aromatic nitrogens is 3. The molecule has 0 aliphatic heterocycles. The fourth-order valence-electron chi connectivity index (χ4n) is 1.98. The Morgan fingerprint density at radius 1 is 1.28 bits per heavy atom. The minimum atomic E-state index is -0.850. The first-order chi connectivity index (χ1) is 11.9. The number of primary amides is 1. The molecule has 0 fully saturated rings. The third-order valence-corrected chi connectivity index (χ3v) is 4.05. The molecule has 2 heterocycles. The van der Waals surface area contributed by atoms with E-state index in [0.29, 0.717) is 6.07 Å². The number of amides is 2. The molecule has 3 aromatic rings. The Balaban J connectivity index is 1.99. The van der Waals surface area contributed by atoms with E-state index in [0.717, 1.165) is 11.3 Å². The van der Waals surface area contributed by atoms with E-state index in [2.05, 4.69) is 25.8 Å². The first kappa shape index (κ1) is 16.6. The Morgan fingerprint density at radius 3 is 2.72 bits per heavy atom. The van der Waals surface area contributed by atoms with E-state index in [4.69, 9.17) is 16.0 Å². The van der Waals surface area contributed by atoms with E-state index in [-0.39, 0.29) is 38.8 Å². The van der Waals surface area contributed by atoms with Gasteiger partial charge in [0, 0.05) is 13.1 Å². The number of rotatable bonds is 4. The van der Waals surface area contributed by atoms with Gasteiger partial charge in [0.1, 0.15) is 22.3 Å². The van der Waals surface area contributed by atoms with Gasteiger partial charge in [0.15, 0.2) is 5.13 Å². The van der Waals surface area contributed by atoms with Crippen LogP contribution in [0.15, 0.2) is 16.7 Å². The van der Waals surface area contributed by atoms with Gasteiger partial charge in [-0.2, -0.15) is 4.98 Å². The fraction of sp³-hybridized carbons (Fsp3) is 0.0769. The van der Waals surface area contributed by atoms with Crippen LogP contribution in [0.25, 0.3) is 22.2 Å². The standard InChI is InChI=1S/C13H11F2N7O2S/c1-18-7-2-4(5(14)3-6(7)15)10-20-11(24-22-10)8-9(16)19-13(25-8)21-12(17)23/h2-3,18H,16H2,1H3,(H3,17,19,21,23). The molecular formula is C13H11F2N7O2S. The monoisotopic (exact) mass is 367 g/mol. The van der Waals surface area contributed by atoms with Gasteiger partial charge in [0.05, 0.1) is 11.3 Å². The maximum absolute atomic E-state index is 14.0. The van der Waals surface area contributed by atoms with Crippen molar-refractivity contribution in [2.75, 3.05) is 23.4 Å². The molecule has 0 bridgehead atoms. The van der Waals surface area contributed by atoms with Crippen molar-refractivity contribution < 1.29 is 18.1 Å². The van der Waals surface area contributed by atoms with Crippen LogP contribution in [-0.4, -0.2) is 28.2 Å². The van der Waals surface area contributed by atoms with E-state index < -0.39 is 17.7 Å². The number of urea groups is 1. The summed E-state index contributed by atoms with van der Waals surface area (Å²) in [5.41, 5.74) is 10.8. The number of thiazole rings is 1. The molecule has 0 aliphatic carbocycles. The molecule has 0 saturated carbocycles. The predicted octanol–water partition coefficient (Wildman–Crippen LogP) is 2.25. The van der Waals surface area contributed by atoms with Crippen molar-refractivity contribution in [1.29, 1.82) is 0 Å². The quantitative estimate of drug-likeness (QED) is 0.553. The highest BCUT2D eigenvalue weighted by atomic mass is 32.1. The average Bonchev–Trinajstić information content (AvgIpc) is 3.13. The van der Waals surface area contributed by atoms with Gasteiger partial charge >= 0.3 is 6.03 Å². The topological polar surface area (TPSA) is 145 Å². The summed E-state index contributed by atoms with van der Waals surface area (Å²) in [6, 6.07) is 1.13. The van der Waals surface area contributed by atoms with Gasteiger partial charge in [-0.15, -0.1) is 0 Å². The fourth-order valence-corrected chi connectivity index (χ4v) is 2.79. The molecule has 0 radical (unpaired) electrons. The maximum Gasteiger partial charge on any atom is 0.318 e. The third kappa shape index (κ3) is 3.19. The molecule has 6 N–H and O–H groups in total. The van der Waals surface area contributed by atoms with Gasteiger partial charge in [-0.05, 0) is 6.07 Å². The number of nitrogens with zero attached hydrogens (tertiary/aromatic N) is 3. The molecule has 0 aliphatic rings. The number of hydrogen-bond donors (Lipinski definition) is 4. The molecule has 9 nitrogen and oxygen atoms in total. The van der Waals surface area contributed by atoms with Gasteiger partial charge in [0.25, 0.3) is 5.89 Å². The molecule has 0 saturated heterocycles. The summed E-state index contributed by atoms with van der Waals surface area (Å²) in [6.45, 7) is 0. The van der Waals surface area contributed by atoms with Crippen LogP contribution >= 0.6 is 11.3 Å². The highest BCUT2D eigenvalue weighted by Gasteiger charge is 2.21. The number of anilines is 3. The second kappa shape index (κ2) is 6.32. The first-order valence-electron chi connectivity index (χ1n) is 6.73. The largest absolute Gasteiger partial charge is 0.386 e. The van der Waals surface area contributed by atoms with Crippen LogP contribution in [0.1, 0.15) is 0 Å². The lowest BCUT2D eigenvalue weighted by Gasteiger charge is -2.04. The second-order valence-corrected chi connectivity index (χ2v) is 5.71. The Bertz CT molecular complexity index is 956.